The Labute approximate surface area is 151 Å². The van der Waals surface area contributed by atoms with Crippen LogP contribution in [0, 0.1) is 0 Å². The average Bonchev–Trinajstić information content (AvgIpc) is 2.61. The maximum atomic E-state index is 12.9. The van der Waals surface area contributed by atoms with E-state index in [2.05, 4.69) is 25.6 Å². The fourth-order valence-corrected chi connectivity index (χ4v) is 2.61. The van der Waals surface area contributed by atoms with Crippen LogP contribution in [0.15, 0.2) is 41.7 Å². The van der Waals surface area contributed by atoms with Gasteiger partial charge in [-0.2, -0.15) is 0 Å². The van der Waals surface area contributed by atoms with Crippen LogP contribution in [-0.2, 0) is 11.3 Å². The molecule has 2 N–H and O–H groups in total. The van der Waals surface area contributed by atoms with E-state index in [0.29, 0.717) is 36.0 Å². The number of hydrogen-bond donors (Lipinski definition) is 2. The van der Waals surface area contributed by atoms with Gasteiger partial charge in [-0.15, -0.1) is 0 Å². The van der Waals surface area contributed by atoms with Crippen LogP contribution in [0.5, 0.6) is 0 Å². The van der Waals surface area contributed by atoms with Gasteiger partial charge in [-0.1, -0.05) is 0 Å². The third-order valence-corrected chi connectivity index (χ3v) is 3.74. The predicted octanol–water partition coefficient (Wildman–Crippen LogP) is 2.40. The van der Waals surface area contributed by atoms with Gasteiger partial charge in [0.1, 0.15) is 17.5 Å². The molecule has 0 saturated carbocycles. The molecular weight excluding hydrogens is 332 g/mol. The Morgan fingerprint density at radius 1 is 1.27 bits per heavy atom. The fourth-order valence-electron chi connectivity index (χ4n) is 2.61. The molecule has 0 bridgehead atoms. The van der Waals surface area contributed by atoms with Crippen LogP contribution in [0.25, 0.3) is 10.8 Å². The quantitative estimate of drug-likeness (QED) is 0.673. The van der Waals surface area contributed by atoms with Crippen molar-refractivity contribution in [3.8, 4) is 0 Å². The molecule has 8 heteroatoms. The molecule has 3 rings (SSSR count). The number of methoxy groups -OCH3 is 1. The molecular formula is C18H22N6O2. The van der Waals surface area contributed by atoms with Gasteiger partial charge in [-0.05, 0) is 31.4 Å². The second kappa shape index (κ2) is 7.92. The number of pyridine rings is 2. The maximum absolute atomic E-state index is 12.9. The summed E-state index contributed by atoms with van der Waals surface area (Å²) in [6, 6.07) is 3.86. The highest BCUT2D eigenvalue weighted by Gasteiger charge is 2.13. The summed E-state index contributed by atoms with van der Waals surface area (Å²) in [6.07, 6.45) is 6.59. The van der Waals surface area contributed by atoms with Crippen molar-refractivity contribution in [2.45, 2.75) is 26.4 Å². The first-order valence-electron chi connectivity index (χ1n) is 8.41. The van der Waals surface area contributed by atoms with E-state index in [4.69, 9.17) is 4.74 Å². The monoisotopic (exact) mass is 354 g/mol. The van der Waals surface area contributed by atoms with Gasteiger partial charge < -0.3 is 19.9 Å². The van der Waals surface area contributed by atoms with Crippen LogP contribution in [-0.4, -0.2) is 39.3 Å². The molecule has 0 spiro atoms. The lowest BCUT2D eigenvalue weighted by Crippen LogP contribution is -2.24. The summed E-state index contributed by atoms with van der Waals surface area (Å²) >= 11 is 0. The molecule has 0 aliphatic rings. The topological polar surface area (TPSA) is 94.0 Å². The third-order valence-electron chi connectivity index (χ3n) is 3.74. The average molecular weight is 354 g/mol. The Kier molecular flexibility index (Phi) is 5.43. The molecule has 0 aliphatic heterocycles. The molecule has 0 amide bonds. The molecule has 8 nitrogen and oxygen atoms in total. The van der Waals surface area contributed by atoms with Crippen LogP contribution >= 0.6 is 0 Å². The first-order valence-corrected chi connectivity index (χ1v) is 8.41. The van der Waals surface area contributed by atoms with Gasteiger partial charge in [0.25, 0.3) is 5.56 Å². The lowest BCUT2D eigenvalue weighted by molar-refractivity contribution is 0.186. The van der Waals surface area contributed by atoms with Crippen LogP contribution in [0.4, 0.5) is 17.5 Å². The largest absolute Gasteiger partial charge is 0.383 e. The summed E-state index contributed by atoms with van der Waals surface area (Å²) in [5.41, 5.74) is -0.0961. The lowest BCUT2D eigenvalue weighted by atomic mass is 10.2. The number of anilines is 3. The first kappa shape index (κ1) is 17.8. The van der Waals surface area contributed by atoms with Crippen LogP contribution in [0.3, 0.4) is 0 Å². The molecule has 0 unspecified atom stereocenters. The number of nitrogens with zero attached hydrogens (tertiary/aromatic N) is 4. The lowest BCUT2D eigenvalue weighted by Gasteiger charge is -2.15. The van der Waals surface area contributed by atoms with Crippen molar-refractivity contribution in [1.29, 1.82) is 0 Å². The third kappa shape index (κ3) is 3.97. The summed E-state index contributed by atoms with van der Waals surface area (Å²) in [7, 11) is 1.61. The van der Waals surface area contributed by atoms with E-state index in [9.17, 15) is 4.79 Å². The van der Waals surface area contributed by atoms with Crippen LogP contribution < -0.4 is 16.2 Å². The zero-order valence-corrected chi connectivity index (χ0v) is 15.1. The molecule has 0 aromatic carbocycles. The Bertz CT molecular complexity index is 940. The van der Waals surface area contributed by atoms with Crippen molar-refractivity contribution in [3.05, 3.63) is 47.3 Å². The van der Waals surface area contributed by atoms with Crippen molar-refractivity contribution >= 4 is 28.2 Å². The van der Waals surface area contributed by atoms with Gasteiger partial charge in [0.05, 0.1) is 18.2 Å². The normalized spacial score (nSPS) is 11.1. The minimum absolute atomic E-state index is 0.0961. The number of aromatic nitrogens is 4. The molecule has 0 aliphatic carbocycles. The van der Waals surface area contributed by atoms with Gasteiger partial charge in [0.15, 0.2) is 0 Å². The van der Waals surface area contributed by atoms with Crippen molar-refractivity contribution < 1.29 is 4.74 Å². The molecule has 0 saturated heterocycles. The number of ether oxygens (including phenoxy) is 1. The van der Waals surface area contributed by atoms with Crippen molar-refractivity contribution in [3.63, 3.8) is 0 Å². The standard InChI is InChI=1S/C18H22N6O2/c1-12(2)21-17-16-13(4-7-24(18(16)25)8-9-26-3)10-14(23-17)22-15-11-19-5-6-20-15/h4-7,10-12H,8-9H2,1-3H3,(H2,20,21,22,23). The molecule has 3 aromatic heterocycles. The minimum Gasteiger partial charge on any atom is -0.383 e. The smallest absolute Gasteiger partial charge is 0.262 e. The van der Waals surface area contributed by atoms with Crippen LogP contribution in [0.2, 0.25) is 0 Å². The summed E-state index contributed by atoms with van der Waals surface area (Å²) in [6.45, 7) is 4.97. The molecule has 3 heterocycles. The first-order chi connectivity index (χ1) is 12.6. The van der Waals surface area contributed by atoms with E-state index in [-0.39, 0.29) is 11.6 Å². The zero-order chi connectivity index (χ0) is 18.5. The second-order valence-corrected chi connectivity index (χ2v) is 6.14. The molecule has 0 fully saturated rings. The second-order valence-electron chi connectivity index (χ2n) is 6.14. The molecule has 26 heavy (non-hydrogen) atoms. The van der Waals surface area contributed by atoms with Gasteiger partial charge >= 0.3 is 0 Å². The van der Waals surface area contributed by atoms with E-state index in [1.165, 1.54) is 0 Å². The van der Waals surface area contributed by atoms with Crippen molar-refractivity contribution in [1.82, 2.24) is 19.5 Å². The van der Waals surface area contributed by atoms with E-state index in [1.807, 2.05) is 26.0 Å². The molecule has 0 radical (unpaired) electrons. The highest BCUT2D eigenvalue weighted by molar-refractivity contribution is 5.93. The number of nitrogens with one attached hydrogen (secondary N) is 2. The highest BCUT2D eigenvalue weighted by Crippen LogP contribution is 2.24. The Hall–Kier alpha value is -3.00. The van der Waals surface area contributed by atoms with E-state index >= 15 is 0 Å². The summed E-state index contributed by atoms with van der Waals surface area (Å²) in [5.74, 6) is 1.72. The predicted molar refractivity (Wildman–Crippen MR) is 102 cm³/mol. The highest BCUT2D eigenvalue weighted by atomic mass is 16.5. The Morgan fingerprint density at radius 3 is 2.81 bits per heavy atom. The number of hydrogen-bond acceptors (Lipinski definition) is 7. The van der Waals surface area contributed by atoms with E-state index < -0.39 is 0 Å². The fraction of sp³-hybridized carbons (Fsp3) is 0.333. The maximum Gasteiger partial charge on any atom is 0.262 e. The van der Waals surface area contributed by atoms with Crippen molar-refractivity contribution in [2.75, 3.05) is 24.4 Å². The minimum atomic E-state index is -0.0961. The Morgan fingerprint density at radius 2 is 2.12 bits per heavy atom. The zero-order valence-electron chi connectivity index (χ0n) is 15.1. The summed E-state index contributed by atoms with van der Waals surface area (Å²) < 4.78 is 6.71. The van der Waals surface area contributed by atoms with Gasteiger partial charge in [0.2, 0.25) is 0 Å². The molecule has 136 valence electrons. The molecule has 3 aromatic rings. The SMILES string of the molecule is COCCn1ccc2cc(Nc3cnccn3)nc(NC(C)C)c2c1=O. The number of fused-ring (bicyclic) bond motifs is 1. The Balaban J connectivity index is 2.08. The summed E-state index contributed by atoms with van der Waals surface area (Å²) in [4.78, 5) is 25.7. The van der Waals surface area contributed by atoms with Gasteiger partial charge in [0, 0.05) is 38.3 Å². The number of rotatable bonds is 7. The molecule has 0 atom stereocenters. The van der Waals surface area contributed by atoms with Gasteiger partial charge in [-0.25, -0.2) is 9.97 Å². The van der Waals surface area contributed by atoms with E-state index in [1.54, 1.807) is 36.5 Å². The van der Waals surface area contributed by atoms with E-state index in [0.717, 1.165) is 5.39 Å². The van der Waals surface area contributed by atoms with Gasteiger partial charge in [-0.3, -0.25) is 9.78 Å². The summed E-state index contributed by atoms with van der Waals surface area (Å²) in [5, 5.41) is 7.75. The van der Waals surface area contributed by atoms with Crippen molar-refractivity contribution in [2.24, 2.45) is 0 Å². The van der Waals surface area contributed by atoms with Crippen LogP contribution in [0.1, 0.15) is 13.8 Å².